The maximum Gasteiger partial charge on any atom is 0.150 e. The lowest BCUT2D eigenvalue weighted by Crippen LogP contribution is -1.99. The molecule has 0 unspecified atom stereocenters. The molecule has 0 saturated heterocycles. The molecule has 0 aliphatic carbocycles. The second kappa shape index (κ2) is 5.65. The van der Waals surface area contributed by atoms with Gasteiger partial charge in [-0.3, -0.25) is 4.79 Å². The highest BCUT2D eigenvalue weighted by molar-refractivity contribution is 6.30. The van der Waals surface area contributed by atoms with Crippen molar-refractivity contribution >= 4 is 17.9 Å². The van der Waals surface area contributed by atoms with E-state index in [2.05, 4.69) is 0 Å². The van der Waals surface area contributed by atoms with E-state index in [0.29, 0.717) is 16.9 Å². The smallest absolute Gasteiger partial charge is 0.150 e. The molecule has 0 amide bonds. The summed E-state index contributed by atoms with van der Waals surface area (Å²) in [5.74, 6) is 0.0321. The fraction of sp³-hybridized carbons (Fsp3) is 0.0714. The Morgan fingerprint density at radius 3 is 2.78 bits per heavy atom. The van der Waals surface area contributed by atoms with Crippen LogP contribution < -0.4 is 4.74 Å². The molecule has 0 spiro atoms. The SMILES string of the molecule is O=Cc1cccc(OCc2cccc(Cl)c2F)c1. The van der Waals surface area contributed by atoms with Gasteiger partial charge in [0.15, 0.2) is 0 Å². The summed E-state index contributed by atoms with van der Waals surface area (Å²) in [7, 11) is 0. The Hall–Kier alpha value is -1.87. The van der Waals surface area contributed by atoms with Gasteiger partial charge < -0.3 is 4.74 Å². The molecule has 2 aromatic carbocycles. The molecule has 0 radical (unpaired) electrons. The maximum atomic E-state index is 13.6. The van der Waals surface area contributed by atoms with Crippen LogP contribution in [-0.4, -0.2) is 6.29 Å². The minimum Gasteiger partial charge on any atom is -0.489 e. The maximum absolute atomic E-state index is 13.6. The Morgan fingerprint density at radius 1 is 1.22 bits per heavy atom. The van der Waals surface area contributed by atoms with Crippen LogP contribution in [0.3, 0.4) is 0 Å². The van der Waals surface area contributed by atoms with Crippen molar-refractivity contribution in [2.24, 2.45) is 0 Å². The molecular weight excluding hydrogens is 255 g/mol. The van der Waals surface area contributed by atoms with Crippen LogP contribution in [0, 0.1) is 5.82 Å². The molecule has 0 N–H and O–H groups in total. The Morgan fingerprint density at radius 2 is 2.00 bits per heavy atom. The third-order valence-corrected chi connectivity index (χ3v) is 2.71. The predicted molar refractivity (Wildman–Crippen MR) is 67.6 cm³/mol. The Balaban J connectivity index is 2.11. The van der Waals surface area contributed by atoms with Crippen LogP contribution >= 0.6 is 11.6 Å². The molecule has 2 nitrogen and oxygen atoms in total. The largest absolute Gasteiger partial charge is 0.489 e. The van der Waals surface area contributed by atoms with Crippen molar-refractivity contribution in [1.82, 2.24) is 0 Å². The van der Waals surface area contributed by atoms with E-state index in [9.17, 15) is 9.18 Å². The highest BCUT2D eigenvalue weighted by Gasteiger charge is 2.06. The van der Waals surface area contributed by atoms with Crippen molar-refractivity contribution in [3.8, 4) is 5.75 Å². The molecule has 0 aromatic heterocycles. The molecule has 0 atom stereocenters. The van der Waals surface area contributed by atoms with Crippen LogP contribution in [0.25, 0.3) is 0 Å². The van der Waals surface area contributed by atoms with E-state index < -0.39 is 5.82 Å². The van der Waals surface area contributed by atoms with E-state index in [1.165, 1.54) is 6.07 Å². The zero-order chi connectivity index (χ0) is 13.0. The molecule has 0 saturated carbocycles. The van der Waals surface area contributed by atoms with Crippen molar-refractivity contribution < 1.29 is 13.9 Å². The standard InChI is InChI=1S/C14H10ClFO2/c15-13-6-2-4-11(14(13)16)9-18-12-5-1-3-10(7-12)8-17/h1-8H,9H2. The monoisotopic (exact) mass is 264 g/mol. The van der Waals surface area contributed by atoms with E-state index in [1.54, 1.807) is 36.4 Å². The average molecular weight is 265 g/mol. The van der Waals surface area contributed by atoms with Gasteiger partial charge in [-0.25, -0.2) is 4.39 Å². The molecule has 4 heteroatoms. The zero-order valence-corrected chi connectivity index (χ0v) is 10.2. The summed E-state index contributed by atoms with van der Waals surface area (Å²) < 4.78 is 19.0. The van der Waals surface area contributed by atoms with Gasteiger partial charge in [0.05, 0.1) is 5.02 Å². The van der Waals surface area contributed by atoms with Gasteiger partial charge in [-0.15, -0.1) is 0 Å². The van der Waals surface area contributed by atoms with Gasteiger partial charge in [0.2, 0.25) is 0 Å². The summed E-state index contributed by atoms with van der Waals surface area (Å²) in [5.41, 5.74) is 0.887. The first-order chi connectivity index (χ1) is 8.70. The van der Waals surface area contributed by atoms with Crippen molar-refractivity contribution in [3.63, 3.8) is 0 Å². The average Bonchev–Trinajstić information content (AvgIpc) is 2.41. The van der Waals surface area contributed by atoms with Crippen molar-refractivity contribution in [2.75, 3.05) is 0 Å². The molecule has 0 aliphatic rings. The number of hydrogen-bond acceptors (Lipinski definition) is 2. The Kier molecular flexibility index (Phi) is 3.95. The van der Waals surface area contributed by atoms with E-state index in [1.807, 2.05) is 0 Å². The highest BCUT2D eigenvalue weighted by atomic mass is 35.5. The van der Waals surface area contributed by atoms with Crippen molar-refractivity contribution in [1.29, 1.82) is 0 Å². The summed E-state index contributed by atoms with van der Waals surface area (Å²) in [4.78, 5) is 10.6. The molecule has 18 heavy (non-hydrogen) atoms. The third-order valence-electron chi connectivity index (χ3n) is 2.42. The van der Waals surface area contributed by atoms with Gasteiger partial charge in [-0.1, -0.05) is 35.9 Å². The van der Waals surface area contributed by atoms with E-state index in [0.717, 1.165) is 6.29 Å². The van der Waals surface area contributed by atoms with Crippen LogP contribution in [-0.2, 0) is 6.61 Å². The molecule has 0 bridgehead atoms. The number of halogens is 2. The molecule has 92 valence electrons. The number of rotatable bonds is 4. The quantitative estimate of drug-likeness (QED) is 0.784. The first-order valence-electron chi connectivity index (χ1n) is 5.31. The van der Waals surface area contributed by atoms with Crippen LogP contribution in [0.15, 0.2) is 42.5 Å². The molecule has 0 heterocycles. The third kappa shape index (κ3) is 2.87. The highest BCUT2D eigenvalue weighted by Crippen LogP contribution is 2.20. The van der Waals surface area contributed by atoms with Gasteiger partial charge in [0, 0.05) is 11.1 Å². The Labute approximate surface area is 109 Å². The minimum atomic E-state index is -0.481. The number of carbonyl (C=O) groups is 1. The topological polar surface area (TPSA) is 26.3 Å². The van der Waals surface area contributed by atoms with E-state index in [4.69, 9.17) is 16.3 Å². The molecular formula is C14H10ClFO2. The normalized spacial score (nSPS) is 10.1. The van der Waals surface area contributed by atoms with Crippen molar-refractivity contribution in [2.45, 2.75) is 6.61 Å². The van der Waals surface area contributed by atoms with Gasteiger partial charge in [0.1, 0.15) is 24.5 Å². The van der Waals surface area contributed by atoms with E-state index in [-0.39, 0.29) is 11.6 Å². The second-order valence-electron chi connectivity index (χ2n) is 3.69. The molecule has 0 fully saturated rings. The van der Waals surface area contributed by atoms with Crippen molar-refractivity contribution in [3.05, 3.63) is 64.4 Å². The first kappa shape index (κ1) is 12.6. The zero-order valence-electron chi connectivity index (χ0n) is 9.40. The van der Waals surface area contributed by atoms with Crippen LogP contribution in [0.5, 0.6) is 5.75 Å². The van der Waals surface area contributed by atoms with E-state index >= 15 is 0 Å². The van der Waals surface area contributed by atoms with Gasteiger partial charge in [-0.05, 0) is 18.2 Å². The lowest BCUT2D eigenvalue weighted by Gasteiger charge is -2.08. The number of benzene rings is 2. The van der Waals surface area contributed by atoms with Gasteiger partial charge in [0.25, 0.3) is 0 Å². The molecule has 0 aliphatic heterocycles. The predicted octanol–water partition coefficient (Wildman–Crippen LogP) is 3.87. The second-order valence-corrected chi connectivity index (χ2v) is 4.10. The Bertz CT molecular complexity index is 569. The summed E-state index contributed by atoms with van der Waals surface area (Å²) in [6, 6.07) is 11.4. The number of carbonyl (C=O) groups excluding carboxylic acids is 1. The summed E-state index contributed by atoms with van der Waals surface area (Å²) in [6.07, 6.45) is 0.729. The lowest BCUT2D eigenvalue weighted by molar-refractivity contribution is 0.112. The number of hydrogen-bond donors (Lipinski definition) is 0. The van der Waals surface area contributed by atoms with Gasteiger partial charge in [-0.2, -0.15) is 0 Å². The van der Waals surface area contributed by atoms with Crippen LogP contribution in [0.4, 0.5) is 4.39 Å². The lowest BCUT2D eigenvalue weighted by atomic mass is 10.2. The van der Waals surface area contributed by atoms with Crippen LogP contribution in [0.1, 0.15) is 15.9 Å². The summed E-state index contributed by atoms with van der Waals surface area (Å²) in [6.45, 7) is 0.0642. The minimum absolute atomic E-state index is 0.0642. The summed E-state index contributed by atoms with van der Waals surface area (Å²) in [5, 5.41) is 0.0674. The number of ether oxygens (including phenoxy) is 1. The molecule has 2 aromatic rings. The number of aldehydes is 1. The fourth-order valence-corrected chi connectivity index (χ4v) is 1.69. The first-order valence-corrected chi connectivity index (χ1v) is 5.69. The summed E-state index contributed by atoms with van der Waals surface area (Å²) >= 11 is 5.67. The fourth-order valence-electron chi connectivity index (χ4n) is 1.50. The molecule has 2 rings (SSSR count). The van der Waals surface area contributed by atoms with Gasteiger partial charge >= 0.3 is 0 Å². The van der Waals surface area contributed by atoms with Crippen LogP contribution in [0.2, 0.25) is 5.02 Å².